The number of carbonyl (C=O) groups excluding carboxylic acids is 2. The molecule has 0 aromatic carbocycles. The maximum absolute atomic E-state index is 10.7. The van der Waals surface area contributed by atoms with E-state index in [0.717, 1.165) is 0 Å². The Morgan fingerprint density at radius 2 is 1.24 bits per heavy atom. The van der Waals surface area contributed by atoms with Crippen LogP contribution in [-0.4, -0.2) is 69.6 Å². The van der Waals surface area contributed by atoms with E-state index in [2.05, 4.69) is 93.6 Å². The molecule has 0 saturated carbocycles. The maximum atomic E-state index is 10.7. The van der Waals surface area contributed by atoms with Crippen molar-refractivity contribution in [2.75, 3.05) is 20.2 Å². The Hall–Kier alpha value is 0.620. The topological polar surface area (TPSA) is 252 Å². The van der Waals surface area contributed by atoms with E-state index in [4.69, 9.17) is 25.4 Å². The molecule has 17 nitrogen and oxygen atoms in total. The molecule has 0 aromatic rings. The minimum Gasteiger partial charge on any atom is -0.481 e. The number of esters is 2. The summed E-state index contributed by atoms with van der Waals surface area (Å²) in [6, 6.07) is 0. The summed E-state index contributed by atoms with van der Waals surface area (Å²) in [6.45, 7) is 0.0365. The molecule has 0 aromatic heterocycles. The van der Waals surface area contributed by atoms with Gasteiger partial charge in [0.25, 0.3) is 10.2 Å². The first-order valence-corrected chi connectivity index (χ1v) is 25.6. The summed E-state index contributed by atoms with van der Waals surface area (Å²) < 4.78 is 8.59. The third-order valence-electron chi connectivity index (χ3n) is 1.44. The van der Waals surface area contributed by atoms with Crippen molar-refractivity contribution in [3.8, 4) is 0 Å². The molecule has 0 aliphatic heterocycles. The van der Waals surface area contributed by atoms with Crippen LogP contribution >= 0.6 is 98.4 Å². The van der Waals surface area contributed by atoms with E-state index in [-0.39, 0.29) is 30.6 Å². The zero-order valence-corrected chi connectivity index (χ0v) is 29.1. The number of carboxylic acids is 2. The van der Waals surface area contributed by atoms with Crippen molar-refractivity contribution in [1.82, 2.24) is 0 Å². The van der Waals surface area contributed by atoms with Crippen LogP contribution in [0, 0.1) is 20.2 Å². The van der Waals surface area contributed by atoms with Crippen molar-refractivity contribution >= 4 is 122 Å². The third kappa shape index (κ3) is 71.9. The predicted molar refractivity (Wildman–Crippen MR) is 147 cm³/mol. The summed E-state index contributed by atoms with van der Waals surface area (Å²) in [6.07, 6.45) is -1.39. The summed E-state index contributed by atoms with van der Waals surface area (Å²) in [5.74, 6) is -4.32. The number of rotatable bonds is 10. The molecular formula is C10H17I6N2O15-. The number of aliphatic carboxylic acids is 2. The molecule has 0 bridgehead atoms. The van der Waals surface area contributed by atoms with Crippen molar-refractivity contribution in [1.29, 1.82) is 0 Å². The average Bonchev–Trinajstić information content (AvgIpc) is 2.63. The number of nitrogens with zero attached hydrogens (tertiary/aromatic N) is 2. The average molecular weight is 1170 g/mol. The van der Waals surface area contributed by atoms with Gasteiger partial charge < -0.3 is 24.8 Å². The first-order chi connectivity index (χ1) is 14.9. The minimum atomic E-state index is -1.31. The maximum Gasteiger partial charge on any atom is 0.314 e. The molecule has 0 radical (unpaired) electrons. The van der Waals surface area contributed by atoms with Gasteiger partial charge in [0.05, 0.1) is 6.61 Å². The molecule has 0 spiro atoms. The largest absolute Gasteiger partial charge is 0.481 e. The zero-order valence-electron chi connectivity index (χ0n) is 16.0. The molecule has 0 aliphatic rings. The van der Waals surface area contributed by atoms with Gasteiger partial charge in [-0.25, -0.2) is 0 Å². The molecule has 33 heavy (non-hydrogen) atoms. The molecule has 0 rings (SSSR count). The van der Waals surface area contributed by atoms with Gasteiger partial charge in [-0.3, -0.25) is 28.9 Å². The molecule has 200 valence electrons. The number of hydrogen-bond acceptors (Lipinski definition) is 13. The smallest absolute Gasteiger partial charge is 0.314 e. The second kappa shape index (κ2) is 39.8. The van der Waals surface area contributed by atoms with E-state index >= 15 is 0 Å². The fourth-order valence-electron chi connectivity index (χ4n) is 0.693. The van der Waals surface area contributed by atoms with Crippen LogP contribution in [0.2, 0.25) is 0 Å². The molecule has 0 aliphatic carbocycles. The Labute approximate surface area is 255 Å². The van der Waals surface area contributed by atoms with Crippen molar-refractivity contribution in [3.63, 3.8) is 0 Å². The Morgan fingerprint density at radius 3 is 1.45 bits per heavy atom. The molecular weight excluding hydrogens is 1150 g/mol. The van der Waals surface area contributed by atoms with Gasteiger partial charge in [-0.1, -0.05) is 0 Å². The normalized spacial score (nSPS) is 7.70. The Bertz CT molecular complexity index is 529. The summed E-state index contributed by atoms with van der Waals surface area (Å²) in [5.41, 5.74) is 0. The number of aliphatic hydroxyl groups excluding tert-OH is 1. The van der Waals surface area contributed by atoms with E-state index in [9.17, 15) is 29.3 Å². The number of aliphatic hydroxyl groups is 1. The van der Waals surface area contributed by atoms with Crippen LogP contribution < -0.4 is 13.3 Å². The van der Waals surface area contributed by atoms with Gasteiger partial charge in [0.15, 0.2) is 6.79 Å². The zero-order chi connectivity index (χ0) is 26.5. The molecule has 23 heteroatoms. The van der Waals surface area contributed by atoms with Gasteiger partial charge in [0.1, 0.15) is 12.8 Å². The fraction of sp³-hybridized carbons (Fsp3) is 0.600. The number of hydrogen-bond donors (Lipinski definition) is 3. The number of carboxylic acid groups (broad SMARTS) is 2. The molecule has 0 fully saturated rings. The van der Waals surface area contributed by atoms with E-state index in [1.165, 1.54) is 0 Å². The molecule has 0 heterocycles. The summed E-state index contributed by atoms with van der Waals surface area (Å²) in [5, 5.41) is 39.4. The van der Waals surface area contributed by atoms with Crippen molar-refractivity contribution in [2.45, 2.75) is 19.8 Å². The second-order valence-corrected chi connectivity index (χ2v) is 19.7. The van der Waals surface area contributed by atoms with Crippen LogP contribution in [0.15, 0.2) is 0 Å². The predicted octanol–water partition coefficient (Wildman–Crippen LogP) is -0.496. The quantitative estimate of drug-likeness (QED) is 0.0623. The van der Waals surface area contributed by atoms with Crippen molar-refractivity contribution in [3.05, 3.63) is 20.2 Å². The van der Waals surface area contributed by atoms with Crippen LogP contribution in [0.4, 0.5) is 0 Å². The van der Waals surface area contributed by atoms with Crippen LogP contribution in [0.25, 0.3) is 0 Å². The van der Waals surface area contributed by atoms with Crippen LogP contribution in [-0.2, 0) is 38.3 Å². The second-order valence-electron chi connectivity index (χ2n) is 3.47. The summed E-state index contributed by atoms with van der Waals surface area (Å²) >= 11 is 9.54. The summed E-state index contributed by atoms with van der Waals surface area (Å²) in [7, 11) is 0. The third-order valence-corrected chi connectivity index (χ3v) is 1.44. The van der Waals surface area contributed by atoms with Gasteiger partial charge >= 0.3 is 74.4 Å². The molecule has 0 saturated heterocycles. The van der Waals surface area contributed by atoms with E-state index in [1.54, 1.807) is 6.92 Å². The summed E-state index contributed by atoms with van der Waals surface area (Å²) in [4.78, 5) is 65.8. The monoisotopic (exact) mass is 1170 g/mol. The van der Waals surface area contributed by atoms with E-state index in [1.807, 2.05) is 0 Å². The Morgan fingerprint density at radius 1 is 0.879 bits per heavy atom. The number of ether oxygens (including phenoxy) is 2. The van der Waals surface area contributed by atoms with Crippen LogP contribution in [0.5, 0.6) is 0 Å². The van der Waals surface area contributed by atoms with Crippen LogP contribution in [0.1, 0.15) is 19.8 Å². The number of carbonyl (C=O) groups is 4. The van der Waals surface area contributed by atoms with Gasteiger partial charge in [-0.15, -0.1) is 44.2 Å². The van der Waals surface area contributed by atoms with Gasteiger partial charge in [-0.05, 0) is 6.92 Å². The van der Waals surface area contributed by atoms with E-state index in [0.29, 0.717) is 13.3 Å². The minimum absolute atomic E-state index is 0. The fourth-order valence-corrected chi connectivity index (χ4v) is 0.693. The first kappa shape index (κ1) is 46.9. The van der Waals surface area contributed by atoms with Gasteiger partial charge in [0.2, 0.25) is 6.79 Å². The molecule has 3 N–H and O–H groups in total. The Kier molecular flexibility index (Phi) is 56.6. The van der Waals surface area contributed by atoms with Crippen molar-refractivity contribution < 1.29 is 77.1 Å². The molecule has 0 amide bonds. The Balaban J connectivity index is -0.0000000809. The SMILES string of the molecule is CCOC(=O)CC(=O)OCO[N+](=O)[O-].I.II.I[I-]I.O=C(O)CC(=O)O.O=[N+]([O-])OCO. The number of halogens is 6. The molecule has 0 atom stereocenters. The molecule has 0 unspecified atom stereocenters. The van der Waals surface area contributed by atoms with Crippen LogP contribution in [0.3, 0.4) is 0 Å². The van der Waals surface area contributed by atoms with E-state index < -0.39 is 60.5 Å². The standard InChI is InChI=1S/C6H9NO7.C3H4O4.CH3NO4.I3.I2.HI/c1-2-12-5(8)3-6(9)13-4-14-7(10)11;4-2(5)1-3(6)7;3-1-6-2(4)5;1-3-2;1-2;/h2-4H2,1H3;1H2,(H,4,5)(H,6,7);3H,1H2;;;1H/q;;;-1;;. The van der Waals surface area contributed by atoms with Crippen molar-refractivity contribution in [2.24, 2.45) is 0 Å². The van der Waals surface area contributed by atoms with Gasteiger partial charge in [-0.2, -0.15) is 0 Å². The first-order valence-electron chi connectivity index (χ1n) is 6.79. The van der Waals surface area contributed by atoms with Gasteiger partial charge in [0, 0.05) is 37.2 Å².